The fourth-order valence-electron chi connectivity index (χ4n) is 2.19. The van der Waals surface area contributed by atoms with Crippen LogP contribution in [0.1, 0.15) is 42.2 Å². The molecule has 0 aliphatic heterocycles. The molecule has 0 saturated heterocycles. The van der Waals surface area contributed by atoms with Crippen molar-refractivity contribution in [2.24, 2.45) is 0 Å². The van der Waals surface area contributed by atoms with E-state index in [0.29, 0.717) is 13.0 Å². The highest BCUT2D eigenvalue weighted by molar-refractivity contribution is 7.99. The van der Waals surface area contributed by atoms with E-state index < -0.39 is 5.97 Å². The predicted molar refractivity (Wildman–Crippen MR) is 99.2 cm³/mol. The van der Waals surface area contributed by atoms with Gasteiger partial charge in [-0.1, -0.05) is 25.5 Å². The lowest BCUT2D eigenvalue weighted by Gasteiger charge is -2.08. The Hall–Kier alpha value is -2.28. The Kier molecular flexibility index (Phi) is 7.53. The minimum atomic E-state index is -1.06. The molecule has 25 heavy (non-hydrogen) atoms. The lowest BCUT2D eigenvalue weighted by molar-refractivity contribution is -0.120. The van der Waals surface area contributed by atoms with Gasteiger partial charge in [-0.15, -0.1) is 0 Å². The molecular weight excluding hydrogens is 338 g/mol. The van der Waals surface area contributed by atoms with Gasteiger partial charge in [0.1, 0.15) is 0 Å². The van der Waals surface area contributed by atoms with Gasteiger partial charge in [-0.3, -0.25) is 4.79 Å². The number of unbranched alkanes of at least 4 members (excludes halogenated alkanes) is 1. The lowest BCUT2D eigenvalue weighted by Crippen LogP contribution is -2.23. The number of carboxylic acid groups (broad SMARTS) is 1. The predicted octanol–water partition coefficient (Wildman–Crippen LogP) is 3.11. The van der Waals surface area contributed by atoms with Crippen LogP contribution in [0.5, 0.6) is 0 Å². The molecule has 1 heterocycles. The smallest absolute Gasteiger partial charge is 0.356 e. The number of carbonyl (C=O) groups is 2. The number of thioether (sulfide) groups is 1. The molecule has 2 rings (SSSR count). The summed E-state index contributed by atoms with van der Waals surface area (Å²) in [5.74, 6) is 0.936. The van der Waals surface area contributed by atoms with Crippen molar-refractivity contribution in [3.05, 3.63) is 47.8 Å². The van der Waals surface area contributed by atoms with E-state index in [4.69, 9.17) is 5.11 Å². The van der Waals surface area contributed by atoms with E-state index >= 15 is 0 Å². The number of benzene rings is 1. The maximum absolute atomic E-state index is 11.9. The summed E-state index contributed by atoms with van der Waals surface area (Å²) in [5, 5.41) is 15.9. The summed E-state index contributed by atoms with van der Waals surface area (Å²) < 4.78 is 1.51. The van der Waals surface area contributed by atoms with E-state index in [0.717, 1.165) is 22.8 Å². The average molecular weight is 361 g/mol. The molecule has 1 aromatic heterocycles. The highest BCUT2D eigenvalue weighted by atomic mass is 32.2. The number of hydrogen-bond donors (Lipinski definition) is 2. The Morgan fingerprint density at radius 3 is 2.84 bits per heavy atom. The molecule has 0 fully saturated rings. The zero-order valence-electron chi connectivity index (χ0n) is 14.3. The topological polar surface area (TPSA) is 84.2 Å². The fraction of sp³-hybridized carbons (Fsp3) is 0.389. The molecule has 0 atom stereocenters. The number of carbonyl (C=O) groups excluding carboxylic acids is 1. The van der Waals surface area contributed by atoms with Crippen molar-refractivity contribution in [1.82, 2.24) is 15.1 Å². The van der Waals surface area contributed by atoms with Crippen LogP contribution in [0, 0.1) is 0 Å². The molecule has 6 nitrogen and oxygen atoms in total. The van der Waals surface area contributed by atoms with Gasteiger partial charge in [0.05, 0.1) is 5.69 Å². The van der Waals surface area contributed by atoms with Crippen LogP contribution in [0.4, 0.5) is 0 Å². The summed E-state index contributed by atoms with van der Waals surface area (Å²) in [6.07, 6.45) is 4.50. The highest BCUT2D eigenvalue weighted by Crippen LogP contribution is 2.11. The van der Waals surface area contributed by atoms with Gasteiger partial charge in [0, 0.05) is 24.9 Å². The SMILES string of the molecule is CCCCSCCC(=O)NCc1cccc(-n2ccc(C(=O)O)n2)c1. The summed E-state index contributed by atoms with van der Waals surface area (Å²) in [6.45, 7) is 2.60. The number of carboxylic acids is 1. The largest absolute Gasteiger partial charge is 0.476 e. The Bertz CT molecular complexity index is 715. The Morgan fingerprint density at radius 2 is 2.12 bits per heavy atom. The number of rotatable bonds is 10. The normalized spacial score (nSPS) is 10.6. The number of nitrogens with zero attached hydrogens (tertiary/aromatic N) is 2. The number of nitrogens with one attached hydrogen (secondary N) is 1. The van der Waals surface area contributed by atoms with E-state index in [2.05, 4.69) is 17.3 Å². The second-order valence-electron chi connectivity index (χ2n) is 5.61. The average Bonchev–Trinajstić information content (AvgIpc) is 3.10. The van der Waals surface area contributed by atoms with E-state index in [1.165, 1.54) is 23.6 Å². The maximum Gasteiger partial charge on any atom is 0.356 e. The first-order valence-electron chi connectivity index (χ1n) is 8.33. The Balaban J connectivity index is 1.84. The van der Waals surface area contributed by atoms with Crippen molar-refractivity contribution >= 4 is 23.6 Å². The molecule has 7 heteroatoms. The van der Waals surface area contributed by atoms with Crippen LogP contribution in [0.3, 0.4) is 0 Å². The van der Waals surface area contributed by atoms with Gasteiger partial charge in [0.2, 0.25) is 5.91 Å². The molecule has 0 spiro atoms. The molecule has 0 radical (unpaired) electrons. The molecule has 0 saturated carbocycles. The molecule has 0 aliphatic rings. The monoisotopic (exact) mass is 361 g/mol. The van der Waals surface area contributed by atoms with E-state index in [1.807, 2.05) is 36.0 Å². The van der Waals surface area contributed by atoms with Crippen LogP contribution in [0.2, 0.25) is 0 Å². The van der Waals surface area contributed by atoms with Crippen molar-refractivity contribution in [2.45, 2.75) is 32.7 Å². The minimum absolute atomic E-state index is 0.000668. The van der Waals surface area contributed by atoms with Crippen molar-refractivity contribution in [1.29, 1.82) is 0 Å². The quantitative estimate of drug-likeness (QED) is 0.635. The molecular formula is C18H23N3O3S. The summed E-state index contributed by atoms with van der Waals surface area (Å²) in [4.78, 5) is 22.8. The first-order chi connectivity index (χ1) is 12.1. The molecule has 2 aromatic rings. The molecule has 0 unspecified atom stereocenters. The summed E-state index contributed by atoms with van der Waals surface area (Å²) in [7, 11) is 0. The van der Waals surface area contributed by atoms with Crippen LogP contribution in [-0.2, 0) is 11.3 Å². The standard InChI is InChI=1S/C18H23N3O3S/c1-2-3-10-25-11-8-17(22)19-13-14-5-4-6-15(12-14)21-9-7-16(20-21)18(23)24/h4-7,9,12H,2-3,8,10-11,13H2,1H3,(H,19,22)(H,23,24). The van der Waals surface area contributed by atoms with E-state index in [1.54, 1.807) is 6.20 Å². The van der Waals surface area contributed by atoms with Gasteiger partial charge in [0.25, 0.3) is 0 Å². The van der Waals surface area contributed by atoms with Gasteiger partial charge in [0.15, 0.2) is 5.69 Å². The van der Waals surface area contributed by atoms with Crippen molar-refractivity contribution in [3.63, 3.8) is 0 Å². The van der Waals surface area contributed by atoms with Gasteiger partial charge < -0.3 is 10.4 Å². The van der Waals surface area contributed by atoms with Crippen molar-refractivity contribution in [3.8, 4) is 5.69 Å². The van der Waals surface area contributed by atoms with E-state index in [-0.39, 0.29) is 11.6 Å². The van der Waals surface area contributed by atoms with Crippen LogP contribution in [0.15, 0.2) is 36.5 Å². The second kappa shape index (κ2) is 9.88. The lowest BCUT2D eigenvalue weighted by atomic mass is 10.2. The van der Waals surface area contributed by atoms with Crippen LogP contribution < -0.4 is 5.32 Å². The van der Waals surface area contributed by atoms with Crippen LogP contribution in [0.25, 0.3) is 5.69 Å². The number of hydrogen-bond acceptors (Lipinski definition) is 4. The fourth-order valence-corrected chi connectivity index (χ4v) is 3.22. The Morgan fingerprint density at radius 1 is 1.28 bits per heavy atom. The summed E-state index contributed by atoms with van der Waals surface area (Å²) >= 11 is 1.81. The molecule has 1 aromatic carbocycles. The third kappa shape index (κ3) is 6.26. The molecule has 134 valence electrons. The zero-order valence-corrected chi connectivity index (χ0v) is 15.1. The van der Waals surface area contributed by atoms with E-state index in [9.17, 15) is 9.59 Å². The maximum atomic E-state index is 11.9. The van der Waals surface area contributed by atoms with Crippen LogP contribution in [-0.4, -0.2) is 38.3 Å². The Labute approximate surface area is 151 Å². The molecule has 0 aliphatic carbocycles. The van der Waals surface area contributed by atoms with Crippen molar-refractivity contribution in [2.75, 3.05) is 11.5 Å². The number of aromatic carboxylic acids is 1. The third-order valence-electron chi connectivity index (χ3n) is 3.59. The van der Waals surface area contributed by atoms with Crippen molar-refractivity contribution < 1.29 is 14.7 Å². The third-order valence-corrected chi connectivity index (χ3v) is 4.66. The van der Waals surface area contributed by atoms with Gasteiger partial charge >= 0.3 is 5.97 Å². The number of amides is 1. The second-order valence-corrected chi connectivity index (χ2v) is 6.84. The highest BCUT2D eigenvalue weighted by Gasteiger charge is 2.08. The summed E-state index contributed by atoms with van der Waals surface area (Å²) in [6, 6.07) is 8.96. The minimum Gasteiger partial charge on any atom is -0.476 e. The zero-order chi connectivity index (χ0) is 18.1. The van der Waals surface area contributed by atoms with Gasteiger partial charge in [-0.25, -0.2) is 9.48 Å². The first kappa shape index (κ1) is 19.1. The first-order valence-corrected chi connectivity index (χ1v) is 9.48. The molecule has 1 amide bonds. The summed E-state index contributed by atoms with van der Waals surface area (Å²) in [5.41, 5.74) is 1.70. The van der Waals surface area contributed by atoms with Gasteiger partial charge in [-0.2, -0.15) is 16.9 Å². The van der Waals surface area contributed by atoms with Gasteiger partial charge in [-0.05, 0) is 35.9 Å². The molecule has 0 bridgehead atoms. The number of aromatic nitrogens is 2. The molecule has 2 N–H and O–H groups in total. The van der Waals surface area contributed by atoms with Crippen LogP contribution >= 0.6 is 11.8 Å².